The Balaban J connectivity index is 0.00000243. The van der Waals surface area contributed by atoms with E-state index in [4.69, 9.17) is 4.42 Å². The molecule has 3 aromatic rings. The molecule has 0 bridgehead atoms. The fourth-order valence-electron chi connectivity index (χ4n) is 2.89. The second-order valence-corrected chi connectivity index (χ2v) is 7.79. The van der Waals surface area contributed by atoms with Crippen molar-refractivity contribution in [3.05, 3.63) is 80.9 Å². The van der Waals surface area contributed by atoms with E-state index < -0.39 is 0 Å². The summed E-state index contributed by atoms with van der Waals surface area (Å²) in [5.41, 5.74) is 2.38. The summed E-state index contributed by atoms with van der Waals surface area (Å²) in [5, 5.41) is 3.63. The van der Waals surface area contributed by atoms with Crippen LogP contribution in [0.2, 0.25) is 0 Å². The highest BCUT2D eigenvalue weighted by atomic mass is 79.9. The smallest absolute Gasteiger partial charge is 0.135 e. The molecule has 0 amide bonds. The molecule has 2 aromatic carbocycles. The minimum atomic E-state index is 0. The zero-order valence-corrected chi connectivity index (χ0v) is 18.5. The molecule has 1 atom stereocenters. The molecule has 5 heteroatoms. The van der Waals surface area contributed by atoms with Gasteiger partial charge in [-0.05, 0) is 58.2 Å². The van der Waals surface area contributed by atoms with Gasteiger partial charge in [0.1, 0.15) is 11.5 Å². The molecule has 2 nitrogen and oxygen atoms in total. The maximum absolute atomic E-state index is 6.05. The van der Waals surface area contributed by atoms with Crippen LogP contribution >= 0.6 is 44.3 Å². The van der Waals surface area contributed by atoms with Gasteiger partial charge in [0.05, 0.1) is 6.54 Å². The standard InChI is InChI=1S/C21H21Br2NO.ClH/c1-2-6-20(15-7-4-3-5-8-15)24-14-17-10-12-21(25-17)18-11-9-16(22)13-19(18)23;/h3-5,7-13,20,24H,2,6,14H2,1H3;1H. The summed E-state index contributed by atoms with van der Waals surface area (Å²) in [6, 6.07) is 21.1. The first kappa shape index (κ1) is 21.2. The van der Waals surface area contributed by atoms with Gasteiger partial charge in [0.25, 0.3) is 0 Å². The minimum absolute atomic E-state index is 0. The summed E-state index contributed by atoms with van der Waals surface area (Å²) >= 11 is 7.08. The van der Waals surface area contributed by atoms with Crippen molar-refractivity contribution in [3.63, 3.8) is 0 Å². The highest BCUT2D eigenvalue weighted by molar-refractivity contribution is 9.11. The lowest BCUT2D eigenvalue weighted by Gasteiger charge is -2.18. The largest absolute Gasteiger partial charge is 0.460 e. The quantitative estimate of drug-likeness (QED) is 0.364. The Morgan fingerprint density at radius 1 is 1.00 bits per heavy atom. The number of furan rings is 1. The van der Waals surface area contributed by atoms with Crippen molar-refractivity contribution in [2.75, 3.05) is 0 Å². The van der Waals surface area contributed by atoms with E-state index in [9.17, 15) is 0 Å². The minimum Gasteiger partial charge on any atom is -0.460 e. The first-order valence-corrected chi connectivity index (χ1v) is 10.1. The van der Waals surface area contributed by atoms with Gasteiger partial charge in [-0.2, -0.15) is 0 Å². The van der Waals surface area contributed by atoms with Gasteiger partial charge in [-0.1, -0.05) is 59.6 Å². The third-order valence-electron chi connectivity index (χ3n) is 4.16. The van der Waals surface area contributed by atoms with Crippen molar-refractivity contribution < 1.29 is 4.42 Å². The number of hydrogen-bond donors (Lipinski definition) is 1. The van der Waals surface area contributed by atoms with Gasteiger partial charge >= 0.3 is 0 Å². The molecule has 0 aliphatic rings. The van der Waals surface area contributed by atoms with Crippen LogP contribution in [-0.4, -0.2) is 0 Å². The van der Waals surface area contributed by atoms with Gasteiger partial charge in [-0.15, -0.1) is 12.4 Å². The Morgan fingerprint density at radius 2 is 1.77 bits per heavy atom. The van der Waals surface area contributed by atoms with Gasteiger partial charge in [0, 0.05) is 20.6 Å². The van der Waals surface area contributed by atoms with E-state index in [-0.39, 0.29) is 12.4 Å². The Hall–Kier alpha value is -1.07. The van der Waals surface area contributed by atoms with Crippen LogP contribution in [0.1, 0.15) is 37.1 Å². The molecule has 1 N–H and O–H groups in total. The molecule has 138 valence electrons. The fraction of sp³-hybridized carbons (Fsp3) is 0.238. The first-order chi connectivity index (χ1) is 12.2. The van der Waals surface area contributed by atoms with E-state index in [0.717, 1.165) is 38.9 Å². The lowest BCUT2D eigenvalue weighted by Crippen LogP contribution is -2.20. The normalized spacial score (nSPS) is 11.8. The lowest BCUT2D eigenvalue weighted by molar-refractivity contribution is 0.438. The van der Waals surface area contributed by atoms with Crippen LogP contribution in [0.4, 0.5) is 0 Å². The average molecular weight is 500 g/mol. The van der Waals surface area contributed by atoms with Crippen LogP contribution in [-0.2, 0) is 6.54 Å². The molecule has 0 radical (unpaired) electrons. The highest BCUT2D eigenvalue weighted by Gasteiger charge is 2.12. The SMILES string of the molecule is CCCC(NCc1ccc(-c2ccc(Br)cc2Br)o1)c1ccccc1.Cl. The van der Waals surface area contributed by atoms with Crippen molar-refractivity contribution in [2.45, 2.75) is 32.4 Å². The van der Waals surface area contributed by atoms with Crippen molar-refractivity contribution >= 4 is 44.3 Å². The summed E-state index contributed by atoms with van der Waals surface area (Å²) in [7, 11) is 0. The van der Waals surface area contributed by atoms with Gasteiger partial charge < -0.3 is 9.73 Å². The maximum Gasteiger partial charge on any atom is 0.135 e. The van der Waals surface area contributed by atoms with Gasteiger partial charge in [-0.25, -0.2) is 0 Å². The zero-order chi connectivity index (χ0) is 17.6. The predicted molar refractivity (Wildman–Crippen MR) is 118 cm³/mol. The van der Waals surface area contributed by atoms with Crippen LogP contribution in [0.15, 0.2) is 74.0 Å². The Bertz CT molecular complexity index is 820. The Labute approximate surface area is 178 Å². The molecular weight excluding hydrogens is 477 g/mol. The van der Waals surface area contributed by atoms with E-state index in [1.165, 1.54) is 5.56 Å². The summed E-state index contributed by atoms with van der Waals surface area (Å²) < 4.78 is 8.11. The highest BCUT2D eigenvalue weighted by Crippen LogP contribution is 2.32. The number of nitrogens with one attached hydrogen (secondary N) is 1. The van der Waals surface area contributed by atoms with E-state index >= 15 is 0 Å². The summed E-state index contributed by atoms with van der Waals surface area (Å²) in [4.78, 5) is 0. The van der Waals surface area contributed by atoms with Crippen molar-refractivity contribution in [2.24, 2.45) is 0 Å². The third kappa shape index (κ3) is 5.46. The van der Waals surface area contributed by atoms with Crippen LogP contribution in [0.25, 0.3) is 11.3 Å². The number of halogens is 3. The Morgan fingerprint density at radius 3 is 2.46 bits per heavy atom. The second-order valence-electron chi connectivity index (χ2n) is 6.02. The van der Waals surface area contributed by atoms with E-state index in [2.05, 4.69) is 74.4 Å². The van der Waals surface area contributed by atoms with E-state index in [1.54, 1.807) is 0 Å². The molecule has 1 heterocycles. The summed E-state index contributed by atoms with van der Waals surface area (Å²) in [6.45, 7) is 2.93. The summed E-state index contributed by atoms with van der Waals surface area (Å²) in [5.74, 6) is 1.82. The molecule has 0 saturated heterocycles. The molecule has 0 aliphatic carbocycles. The fourth-order valence-corrected chi connectivity index (χ4v) is 4.13. The van der Waals surface area contributed by atoms with Crippen molar-refractivity contribution in [3.8, 4) is 11.3 Å². The molecule has 0 aliphatic heterocycles. The van der Waals surface area contributed by atoms with Gasteiger partial charge in [0.2, 0.25) is 0 Å². The van der Waals surface area contributed by atoms with Crippen LogP contribution in [0, 0.1) is 0 Å². The third-order valence-corrected chi connectivity index (χ3v) is 5.31. The topological polar surface area (TPSA) is 25.2 Å². The lowest BCUT2D eigenvalue weighted by atomic mass is 10.0. The van der Waals surface area contributed by atoms with E-state index in [0.29, 0.717) is 12.6 Å². The number of hydrogen-bond acceptors (Lipinski definition) is 2. The van der Waals surface area contributed by atoms with Gasteiger partial charge in [0.15, 0.2) is 0 Å². The monoisotopic (exact) mass is 497 g/mol. The molecule has 0 saturated carbocycles. The van der Waals surface area contributed by atoms with Crippen LogP contribution in [0.3, 0.4) is 0 Å². The average Bonchev–Trinajstić information content (AvgIpc) is 3.08. The molecule has 26 heavy (non-hydrogen) atoms. The molecule has 1 aromatic heterocycles. The zero-order valence-electron chi connectivity index (χ0n) is 14.5. The van der Waals surface area contributed by atoms with Crippen LogP contribution < -0.4 is 5.32 Å². The number of benzene rings is 2. The molecule has 0 spiro atoms. The van der Waals surface area contributed by atoms with Crippen LogP contribution in [0.5, 0.6) is 0 Å². The maximum atomic E-state index is 6.05. The number of rotatable bonds is 7. The Kier molecular flexibility index (Phi) is 8.42. The first-order valence-electron chi connectivity index (χ1n) is 8.50. The molecule has 3 rings (SSSR count). The van der Waals surface area contributed by atoms with Gasteiger partial charge in [-0.3, -0.25) is 0 Å². The molecular formula is C21H22Br2ClNO. The second kappa shape index (κ2) is 10.3. The van der Waals surface area contributed by atoms with Crippen molar-refractivity contribution in [1.82, 2.24) is 5.32 Å². The molecule has 0 fully saturated rings. The van der Waals surface area contributed by atoms with E-state index in [1.807, 2.05) is 30.3 Å². The predicted octanol–water partition coefficient (Wildman–Crippen LogP) is 7.52. The summed E-state index contributed by atoms with van der Waals surface area (Å²) in [6.07, 6.45) is 2.25. The molecule has 1 unspecified atom stereocenters. The van der Waals surface area contributed by atoms with Crippen molar-refractivity contribution in [1.29, 1.82) is 0 Å².